The first-order chi connectivity index (χ1) is 8.93. The van der Waals surface area contributed by atoms with E-state index >= 15 is 0 Å². The van der Waals surface area contributed by atoms with Crippen molar-refractivity contribution in [3.63, 3.8) is 0 Å². The molecule has 0 fully saturated rings. The highest BCUT2D eigenvalue weighted by Gasteiger charge is 1.93. The Morgan fingerprint density at radius 1 is 0.778 bits per heavy atom. The van der Waals surface area contributed by atoms with Gasteiger partial charge in [-0.05, 0) is 37.7 Å². The first-order valence-electron chi connectivity index (χ1n) is 7.20. The molecule has 0 aromatic heterocycles. The second kappa shape index (κ2) is 11.2. The van der Waals surface area contributed by atoms with Gasteiger partial charge < -0.3 is 4.74 Å². The number of ether oxygens (including phenoxy) is 1. The van der Waals surface area contributed by atoms with E-state index in [-0.39, 0.29) is 0 Å². The van der Waals surface area contributed by atoms with Gasteiger partial charge in [0.25, 0.3) is 0 Å². The maximum Gasteiger partial charge on any atom is 0.0466 e. The third kappa shape index (κ3) is 8.26. The smallest absolute Gasteiger partial charge is 0.0466 e. The minimum Gasteiger partial charge on any atom is -0.381 e. The molecule has 0 saturated heterocycles. The molecule has 0 heterocycles. The molecule has 2 nitrogen and oxygen atoms in total. The van der Waals surface area contributed by atoms with E-state index in [9.17, 15) is 0 Å². The van der Waals surface area contributed by atoms with Crippen LogP contribution in [0.3, 0.4) is 0 Å². The van der Waals surface area contributed by atoms with Gasteiger partial charge in [-0.1, -0.05) is 43.2 Å². The summed E-state index contributed by atoms with van der Waals surface area (Å²) in [5, 5.41) is 0. The predicted molar refractivity (Wildman–Crippen MR) is 76.6 cm³/mol. The molecule has 0 saturated carbocycles. The zero-order chi connectivity index (χ0) is 12.9. The highest BCUT2D eigenvalue weighted by atomic mass is 16.5. The Kier molecular flexibility index (Phi) is 9.49. The van der Waals surface area contributed by atoms with Gasteiger partial charge in [0.05, 0.1) is 0 Å². The van der Waals surface area contributed by atoms with Crippen LogP contribution in [0.4, 0.5) is 0 Å². The predicted octanol–water partition coefficient (Wildman–Crippen LogP) is 3.87. The van der Waals surface area contributed by atoms with Crippen LogP contribution in [0.15, 0.2) is 30.3 Å². The lowest BCUT2D eigenvalue weighted by atomic mass is 10.1. The molecule has 101 valence electrons. The van der Waals surface area contributed by atoms with Crippen molar-refractivity contribution >= 4 is 0 Å². The van der Waals surface area contributed by atoms with E-state index in [0.29, 0.717) is 6.54 Å². The van der Waals surface area contributed by atoms with E-state index in [2.05, 4.69) is 30.3 Å². The van der Waals surface area contributed by atoms with Crippen LogP contribution in [0.1, 0.15) is 44.1 Å². The van der Waals surface area contributed by atoms with Crippen LogP contribution in [0.25, 0.3) is 0 Å². The molecule has 2 heteroatoms. The fourth-order valence-corrected chi connectivity index (χ4v) is 1.96. The number of aryl methyl sites for hydroxylation is 1. The molecular formula is C16H26NO. The first kappa shape index (κ1) is 15.2. The number of unbranched alkanes of at least 4 members (excludes halogenated alkanes) is 4. The van der Waals surface area contributed by atoms with Crippen LogP contribution in [-0.2, 0) is 11.2 Å². The summed E-state index contributed by atoms with van der Waals surface area (Å²) in [6, 6.07) is 10.6. The lowest BCUT2D eigenvalue weighted by molar-refractivity contribution is 0.126. The molecular weight excluding hydrogens is 222 g/mol. The topological polar surface area (TPSA) is 33.0 Å². The molecule has 0 unspecified atom stereocenters. The molecule has 0 bridgehead atoms. The highest BCUT2D eigenvalue weighted by Crippen LogP contribution is 2.05. The molecule has 0 spiro atoms. The van der Waals surface area contributed by atoms with Gasteiger partial charge >= 0.3 is 0 Å². The minimum atomic E-state index is 0.570. The van der Waals surface area contributed by atoms with Gasteiger partial charge in [-0.2, -0.15) is 0 Å². The molecule has 0 atom stereocenters. The fourth-order valence-electron chi connectivity index (χ4n) is 1.96. The summed E-state index contributed by atoms with van der Waals surface area (Å²) in [5.41, 5.74) is 8.46. The van der Waals surface area contributed by atoms with Crippen LogP contribution >= 0.6 is 0 Å². The lowest BCUT2D eigenvalue weighted by Gasteiger charge is -2.04. The van der Waals surface area contributed by atoms with E-state index < -0.39 is 0 Å². The molecule has 0 aliphatic rings. The summed E-state index contributed by atoms with van der Waals surface area (Å²) < 4.78 is 5.60. The molecule has 0 aliphatic heterocycles. The highest BCUT2D eigenvalue weighted by molar-refractivity contribution is 5.14. The van der Waals surface area contributed by atoms with Crippen molar-refractivity contribution in [3.05, 3.63) is 35.9 Å². The third-order valence-corrected chi connectivity index (χ3v) is 3.06. The van der Waals surface area contributed by atoms with Crippen molar-refractivity contribution in [2.45, 2.75) is 44.9 Å². The number of nitrogens with one attached hydrogen (secondary N) is 1. The quantitative estimate of drug-likeness (QED) is 0.547. The molecule has 0 aliphatic carbocycles. The molecule has 0 amide bonds. The molecule has 18 heavy (non-hydrogen) atoms. The van der Waals surface area contributed by atoms with Crippen molar-refractivity contribution in [3.8, 4) is 0 Å². The normalized spacial score (nSPS) is 10.7. The fraction of sp³-hybridized carbons (Fsp3) is 0.625. The second-order valence-electron chi connectivity index (χ2n) is 4.72. The molecule has 1 rings (SSSR count). The molecule has 1 radical (unpaired) electrons. The Bertz CT molecular complexity index is 274. The number of benzene rings is 1. The van der Waals surface area contributed by atoms with Crippen LogP contribution < -0.4 is 5.73 Å². The zero-order valence-electron chi connectivity index (χ0n) is 11.4. The van der Waals surface area contributed by atoms with Crippen molar-refractivity contribution in [2.24, 2.45) is 0 Å². The van der Waals surface area contributed by atoms with Gasteiger partial charge in [0.2, 0.25) is 0 Å². The van der Waals surface area contributed by atoms with Gasteiger partial charge in [-0.3, -0.25) is 5.73 Å². The SMILES string of the molecule is [NH]CCCCCCOCCCCc1ccccc1. The average molecular weight is 248 g/mol. The van der Waals surface area contributed by atoms with Crippen molar-refractivity contribution in [1.29, 1.82) is 0 Å². The van der Waals surface area contributed by atoms with E-state index in [1.165, 1.54) is 24.8 Å². The molecule has 1 aromatic carbocycles. The summed E-state index contributed by atoms with van der Waals surface area (Å²) in [6.45, 7) is 2.36. The Morgan fingerprint density at radius 3 is 2.17 bits per heavy atom. The summed E-state index contributed by atoms with van der Waals surface area (Å²) in [5.74, 6) is 0. The van der Waals surface area contributed by atoms with Gasteiger partial charge in [0.15, 0.2) is 0 Å². The van der Waals surface area contributed by atoms with E-state index in [1.807, 2.05) is 0 Å². The number of rotatable bonds is 11. The zero-order valence-corrected chi connectivity index (χ0v) is 11.4. The van der Waals surface area contributed by atoms with Crippen LogP contribution in [-0.4, -0.2) is 19.8 Å². The summed E-state index contributed by atoms with van der Waals surface area (Å²) in [6.07, 6.45) is 8.11. The monoisotopic (exact) mass is 248 g/mol. The Balaban J connectivity index is 1.82. The van der Waals surface area contributed by atoms with Crippen LogP contribution in [0.2, 0.25) is 0 Å². The average Bonchev–Trinajstić information content (AvgIpc) is 2.42. The summed E-state index contributed by atoms with van der Waals surface area (Å²) in [4.78, 5) is 0. The number of hydrogen-bond donors (Lipinski definition) is 0. The van der Waals surface area contributed by atoms with E-state index in [0.717, 1.165) is 38.9 Å². The second-order valence-corrected chi connectivity index (χ2v) is 4.72. The molecule has 1 N–H and O–H groups in total. The van der Waals surface area contributed by atoms with Crippen LogP contribution in [0.5, 0.6) is 0 Å². The van der Waals surface area contributed by atoms with Gasteiger partial charge in [0.1, 0.15) is 0 Å². The Hall–Kier alpha value is -0.860. The van der Waals surface area contributed by atoms with Gasteiger partial charge in [-0.25, -0.2) is 0 Å². The maximum absolute atomic E-state index is 7.03. The summed E-state index contributed by atoms with van der Waals surface area (Å²) in [7, 11) is 0. The van der Waals surface area contributed by atoms with Crippen molar-refractivity contribution < 1.29 is 4.74 Å². The van der Waals surface area contributed by atoms with Crippen molar-refractivity contribution in [1.82, 2.24) is 5.73 Å². The van der Waals surface area contributed by atoms with Gasteiger partial charge in [0, 0.05) is 19.8 Å². The van der Waals surface area contributed by atoms with Crippen LogP contribution in [0, 0.1) is 0 Å². The first-order valence-corrected chi connectivity index (χ1v) is 7.20. The van der Waals surface area contributed by atoms with Gasteiger partial charge in [-0.15, -0.1) is 0 Å². The standard InChI is InChI=1S/C16H26NO/c17-13-7-1-2-8-14-18-15-9-6-12-16-10-4-3-5-11-16/h3-5,10-11,17H,1-2,6-9,12-15H2. The third-order valence-electron chi connectivity index (χ3n) is 3.06. The molecule has 1 aromatic rings. The largest absolute Gasteiger partial charge is 0.381 e. The Labute approximate surface area is 112 Å². The minimum absolute atomic E-state index is 0.570. The Morgan fingerprint density at radius 2 is 1.44 bits per heavy atom. The van der Waals surface area contributed by atoms with E-state index in [4.69, 9.17) is 10.5 Å². The maximum atomic E-state index is 7.03. The lowest BCUT2D eigenvalue weighted by Crippen LogP contribution is -1.98. The summed E-state index contributed by atoms with van der Waals surface area (Å²) >= 11 is 0. The van der Waals surface area contributed by atoms with E-state index in [1.54, 1.807) is 0 Å². The number of hydrogen-bond acceptors (Lipinski definition) is 1. The van der Waals surface area contributed by atoms with Crippen molar-refractivity contribution in [2.75, 3.05) is 19.8 Å².